The first-order valence-corrected chi connectivity index (χ1v) is 11.6. The summed E-state index contributed by atoms with van der Waals surface area (Å²) < 4.78 is 28.0. The van der Waals surface area contributed by atoms with Gasteiger partial charge >= 0.3 is 0 Å². The van der Waals surface area contributed by atoms with Gasteiger partial charge in [-0.25, -0.2) is 9.97 Å². The highest BCUT2D eigenvalue weighted by Gasteiger charge is 2.13. The lowest BCUT2D eigenvalue weighted by Gasteiger charge is -2.16. The minimum absolute atomic E-state index is 0.385. The Hall–Kier alpha value is -3.95. The number of fused-ring (bicyclic) bond motifs is 1. The number of methoxy groups -OCH3 is 2. The molecule has 4 rings (SSSR count). The number of pyridine rings is 1. The van der Waals surface area contributed by atoms with Crippen molar-refractivity contribution >= 4 is 22.4 Å². The molecule has 2 aromatic carbocycles. The highest BCUT2D eigenvalue weighted by molar-refractivity contribution is 5.93. The summed E-state index contributed by atoms with van der Waals surface area (Å²) in [6.07, 6.45) is 3.23. The standard InChI is InChI=1S/C27H30N4O5/c1-18-13-20(6-8-24(18)36-21-7-5-19(2)28-16-21)31-27-22-14-25(34-11-9-32-3)26(35-12-10-33-4)15-23(22)29-17-30-27/h5-8,13-17H,9-12H2,1-4H3,(H,29,30,31). The number of benzene rings is 2. The molecule has 0 spiro atoms. The molecule has 0 fully saturated rings. The summed E-state index contributed by atoms with van der Waals surface area (Å²) >= 11 is 0. The zero-order valence-corrected chi connectivity index (χ0v) is 20.9. The van der Waals surface area contributed by atoms with Gasteiger partial charge < -0.3 is 29.0 Å². The smallest absolute Gasteiger partial charge is 0.163 e. The molecule has 9 heteroatoms. The Kier molecular flexibility index (Phi) is 8.48. The van der Waals surface area contributed by atoms with Crippen LogP contribution < -0.4 is 19.5 Å². The molecule has 2 aromatic heterocycles. The molecule has 0 aliphatic carbocycles. The lowest BCUT2D eigenvalue weighted by Crippen LogP contribution is -2.09. The van der Waals surface area contributed by atoms with Crippen molar-refractivity contribution in [2.45, 2.75) is 13.8 Å². The molecule has 4 aromatic rings. The molecule has 36 heavy (non-hydrogen) atoms. The van der Waals surface area contributed by atoms with Crippen molar-refractivity contribution in [3.63, 3.8) is 0 Å². The third-order valence-electron chi connectivity index (χ3n) is 5.34. The topological polar surface area (TPSA) is 96.9 Å². The van der Waals surface area contributed by atoms with Gasteiger partial charge in [-0.15, -0.1) is 0 Å². The van der Waals surface area contributed by atoms with E-state index in [9.17, 15) is 0 Å². The van der Waals surface area contributed by atoms with Crippen molar-refractivity contribution in [1.82, 2.24) is 15.0 Å². The van der Waals surface area contributed by atoms with Gasteiger partial charge in [0, 0.05) is 37.1 Å². The second-order valence-electron chi connectivity index (χ2n) is 8.06. The summed E-state index contributed by atoms with van der Waals surface area (Å²) in [7, 11) is 3.26. The summed E-state index contributed by atoms with van der Waals surface area (Å²) in [6.45, 7) is 5.63. The predicted molar refractivity (Wildman–Crippen MR) is 138 cm³/mol. The van der Waals surface area contributed by atoms with Gasteiger partial charge in [0.2, 0.25) is 0 Å². The fourth-order valence-electron chi connectivity index (χ4n) is 3.48. The maximum absolute atomic E-state index is 5.99. The number of aryl methyl sites for hydroxylation is 2. The zero-order chi connectivity index (χ0) is 25.3. The Balaban J connectivity index is 1.58. The van der Waals surface area contributed by atoms with Gasteiger partial charge in [0.1, 0.15) is 36.9 Å². The fraction of sp³-hybridized carbons (Fsp3) is 0.296. The van der Waals surface area contributed by atoms with Gasteiger partial charge in [0.05, 0.1) is 24.9 Å². The molecule has 0 saturated carbocycles. The molecule has 1 N–H and O–H groups in total. The van der Waals surface area contributed by atoms with E-state index in [1.54, 1.807) is 20.4 Å². The number of hydrogen-bond acceptors (Lipinski definition) is 9. The minimum Gasteiger partial charge on any atom is -0.487 e. The van der Waals surface area contributed by atoms with E-state index < -0.39 is 0 Å². The van der Waals surface area contributed by atoms with E-state index in [4.69, 9.17) is 23.7 Å². The van der Waals surface area contributed by atoms with Gasteiger partial charge in [0.25, 0.3) is 0 Å². The monoisotopic (exact) mass is 490 g/mol. The molecule has 0 aliphatic heterocycles. The Morgan fingerprint density at radius 3 is 2.17 bits per heavy atom. The van der Waals surface area contributed by atoms with Crippen LogP contribution in [0.1, 0.15) is 11.3 Å². The third-order valence-corrected chi connectivity index (χ3v) is 5.34. The second-order valence-corrected chi connectivity index (χ2v) is 8.06. The SMILES string of the molecule is COCCOc1cc2ncnc(Nc3ccc(Oc4ccc(C)nc4)c(C)c3)c2cc1OCCOC. The van der Waals surface area contributed by atoms with Crippen LogP contribution in [0.15, 0.2) is 55.0 Å². The maximum Gasteiger partial charge on any atom is 0.163 e. The average molecular weight is 491 g/mol. The summed E-state index contributed by atoms with van der Waals surface area (Å²) in [5, 5.41) is 4.19. The van der Waals surface area contributed by atoms with Gasteiger partial charge in [-0.05, 0) is 55.8 Å². The van der Waals surface area contributed by atoms with Crippen LogP contribution in [0.2, 0.25) is 0 Å². The van der Waals surface area contributed by atoms with Gasteiger partial charge in [-0.1, -0.05) is 0 Å². The Labute approximate surface area is 210 Å². The number of hydrogen-bond donors (Lipinski definition) is 1. The number of nitrogens with zero attached hydrogens (tertiary/aromatic N) is 3. The van der Waals surface area contributed by atoms with E-state index in [2.05, 4.69) is 20.3 Å². The minimum atomic E-state index is 0.385. The van der Waals surface area contributed by atoms with Gasteiger partial charge in [-0.3, -0.25) is 4.98 Å². The van der Waals surface area contributed by atoms with Gasteiger partial charge in [-0.2, -0.15) is 0 Å². The van der Waals surface area contributed by atoms with Crippen LogP contribution in [-0.2, 0) is 9.47 Å². The van der Waals surface area contributed by atoms with Crippen molar-refractivity contribution in [2.24, 2.45) is 0 Å². The predicted octanol–water partition coefficient (Wildman–Crippen LogP) is 5.23. The Morgan fingerprint density at radius 1 is 0.750 bits per heavy atom. The first kappa shape index (κ1) is 25.2. The van der Waals surface area contributed by atoms with Crippen LogP contribution in [0, 0.1) is 13.8 Å². The van der Waals surface area contributed by atoms with Crippen LogP contribution in [0.5, 0.6) is 23.0 Å². The van der Waals surface area contributed by atoms with Crippen molar-refractivity contribution < 1.29 is 23.7 Å². The molecule has 0 atom stereocenters. The number of aromatic nitrogens is 3. The van der Waals surface area contributed by atoms with Crippen molar-refractivity contribution in [3.05, 3.63) is 66.2 Å². The van der Waals surface area contributed by atoms with E-state index in [0.717, 1.165) is 33.6 Å². The number of anilines is 2. The molecule has 0 bridgehead atoms. The Bertz CT molecular complexity index is 1300. The zero-order valence-electron chi connectivity index (χ0n) is 20.9. The van der Waals surface area contributed by atoms with Crippen LogP contribution in [-0.4, -0.2) is 55.6 Å². The van der Waals surface area contributed by atoms with E-state index in [1.807, 2.05) is 56.3 Å². The lowest BCUT2D eigenvalue weighted by atomic mass is 10.1. The highest BCUT2D eigenvalue weighted by atomic mass is 16.5. The van der Waals surface area contributed by atoms with Crippen molar-refractivity contribution in [2.75, 3.05) is 46.0 Å². The normalized spacial score (nSPS) is 10.9. The van der Waals surface area contributed by atoms with Crippen LogP contribution in [0.25, 0.3) is 10.9 Å². The largest absolute Gasteiger partial charge is 0.487 e. The molecule has 0 unspecified atom stereocenters. The molecular formula is C27H30N4O5. The summed E-state index contributed by atoms with van der Waals surface area (Å²) in [5.41, 5.74) is 3.50. The molecule has 188 valence electrons. The molecule has 0 amide bonds. The quantitative estimate of drug-likeness (QED) is 0.268. The molecular weight excluding hydrogens is 460 g/mol. The number of ether oxygens (including phenoxy) is 5. The highest BCUT2D eigenvalue weighted by Crippen LogP contribution is 2.35. The van der Waals surface area contributed by atoms with Crippen LogP contribution in [0.4, 0.5) is 11.5 Å². The van der Waals surface area contributed by atoms with E-state index in [1.165, 1.54) is 6.33 Å². The number of rotatable bonds is 12. The van der Waals surface area contributed by atoms with E-state index >= 15 is 0 Å². The van der Waals surface area contributed by atoms with Crippen molar-refractivity contribution in [1.29, 1.82) is 0 Å². The Morgan fingerprint density at radius 2 is 1.50 bits per heavy atom. The van der Waals surface area contributed by atoms with E-state index in [-0.39, 0.29) is 0 Å². The molecule has 9 nitrogen and oxygen atoms in total. The van der Waals surface area contributed by atoms with Crippen LogP contribution >= 0.6 is 0 Å². The molecule has 0 saturated heterocycles. The summed E-state index contributed by atoms with van der Waals surface area (Å²) in [6, 6.07) is 13.4. The lowest BCUT2D eigenvalue weighted by molar-refractivity contribution is 0.132. The second kappa shape index (κ2) is 12.1. The van der Waals surface area contributed by atoms with Gasteiger partial charge in [0.15, 0.2) is 11.5 Å². The molecule has 0 aliphatic rings. The maximum atomic E-state index is 5.99. The number of nitrogens with one attached hydrogen (secondary N) is 1. The fourth-order valence-corrected chi connectivity index (χ4v) is 3.48. The average Bonchev–Trinajstić information content (AvgIpc) is 2.88. The first-order valence-electron chi connectivity index (χ1n) is 11.6. The first-order chi connectivity index (χ1) is 17.6. The molecule has 2 heterocycles. The van der Waals surface area contributed by atoms with Crippen molar-refractivity contribution in [3.8, 4) is 23.0 Å². The summed E-state index contributed by atoms with van der Waals surface area (Å²) in [4.78, 5) is 13.2. The third kappa shape index (κ3) is 6.38. The van der Waals surface area contributed by atoms with E-state index in [0.29, 0.717) is 49.5 Å². The summed E-state index contributed by atoms with van der Waals surface area (Å²) in [5.74, 6) is 3.26. The van der Waals surface area contributed by atoms with Crippen LogP contribution in [0.3, 0.4) is 0 Å². The molecule has 0 radical (unpaired) electrons.